The molecule has 8 nitrogen and oxygen atoms in total. The number of hydrogen-bond donors (Lipinski definition) is 2. The second kappa shape index (κ2) is 10.5. The van der Waals surface area contributed by atoms with Crippen molar-refractivity contribution in [1.29, 1.82) is 5.26 Å². The first-order valence-corrected chi connectivity index (χ1v) is 12.0. The van der Waals surface area contributed by atoms with Crippen molar-refractivity contribution < 1.29 is 18.8 Å². The van der Waals surface area contributed by atoms with Crippen LogP contribution in [0.15, 0.2) is 40.9 Å². The number of aryl methyl sites for hydroxylation is 1. The lowest BCUT2D eigenvalue weighted by atomic mass is 9.93. The van der Waals surface area contributed by atoms with E-state index in [4.69, 9.17) is 9.26 Å². The smallest absolute Gasteiger partial charge is 0.407 e. The first kappa shape index (κ1) is 23.5. The topological polar surface area (TPSA) is 117 Å². The quantitative estimate of drug-likeness (QED) is 0.502. The van der Waals surface area contributed by atoms with E-state index >= 15 is 0 Å². The summed E-state index contributed by atoms with van der Waals surface area (Å²) in [5.41, 5.74) is 3.18. The van der Waals surface area contributed by atoms with Crippen molar-refractivity contribution in [3.8, 4) is 6.07 Å². The minimum absolute atomic E-state index is 0.0683. The molecular weight excluding hydrogens is 452 g/mol. The van der Waals surface area contributed by atoms with Crippen LogP contribution in [-0.2, 0) is 28.9 Å². The Morgan fingerprint density at radius 3 is 2.85 bits per heavy atom. The van der Waals surface area contributed by atoms with Gasteiger partial charge in [0.15, 0.2) is 0 Å². The van der Waals surface area contributed by atoms with Gasteiger partial charge in [-0.15, -0.1) is 11.3 Å². The highest BCUT2D eigenvalue weighted by atomic mass is 32.1. The second-order valence-corrected chi connectivity index (χ2v) is 9.54. The van der Waals surface area contributed by atoms with Gasteiger partial charge in [-0.1, -0.05) is 42.4 Å². The molecule has 34 heavy (non-hydrogen) atoms. The number of thiophene rings is 1. The highest BCUT2D eigenvalue weighted by Crippen LogP contribution is 2.38. The summed E-state index contributed by atoms with van der Waals surface area (Å²) in [5, 5.41) is 19.7. The third-order valence-electron chi connectivity index (χ3n) is 5.81. The number of fused-ring (bicyclic) bond motifs is 1. The molecule has 2 amide bonds. The Labute approximate surface area is 201 Å². The van der Waals surface area contributed by atoms with Crippen LogP contribution in [0.2, 0.25) is 0 Å². The Morgan fingerprint density at radius 1 is 1.35 bits per heavy atom. The van der Waals surface area contributed by atoms with E-state index in [0.717, 1.165) is 16.0 Å². The van der Waals surface area contributed by atoms with E-state index in [-0.39, 0.29) is 24.5 Å². The molecule has 4 rings (SSSR count). The zero-order valence-electron chi connectivity index (χ0n) is 19.1. The van der Waals surface area contributed by atoms with Crippen molar-refractivity contribution >= 4 is 28.3 Å². The molecule has 2 unspecified atom stereocenters. The summed E-state index contributed by atoms with van der Waals surface area (Å²) in [6.45, 7) is 4.02. The average Bonchev–Trinajstić information content (AvgIpc) is 3.40. The summed E-state index contributed by atoms with van der Waals surface area (Å²) in [5.74, 6) is 0.619. The molecule has 0 radical (unpaired) electrons. The number of anilines is 1. The van der Waals surface area contributed by atoms with Gasteiger partial charge >= 0.3 is 6.09 Å². The zero-order valence-corrected chi connectivity index (χ0v) is 19.9. The third-order valence-corrected chi connectivity index (χ3v) is 6.98. The van der Waals surface area contributed by atoms with Gasteiger partial charge in [0.2, 0.25) is 5.91 Å². The number of rotatable bonds is 7. The van der Waals surface area contributed by atoms with Crippen molar-refractivity contribution in [2.45, 2.75) is 58.1 Å². The van der Waals surface area contributed by atoms with E-state index in [0.29, 0.717) is 47.7 Å². The van der Waals surface area contributed by atoms with Crippen LogP contribution in [-0.4, -0.2) is 23.3 Å². The molecule has 1 aromatic carbocycles. The minimum atomic E-state index is -0.519. The van der Waals surface area contributed by atoms with Gasteiger partial charge in [0.25, 0.3) is 0 Å². The van der Waals surface area contributed by atoms with Crippen LogP contribution in [0, 0.1) is 18.3 Å². The standard InChI is InChI=1S/C25H26N4O4S/c1-15(17-6-4-3-5-7-17)10-23(30)28-24-21(13-26)20-9-8-19(12-22(20)34-24)32-25(31)27-14-18-11-16(2)33-29-18/h3-7,11,15,19H,8-10,12,14H2,1-2H3,(H,27,31)(H,28,30). The summed E-state index contributed by atoms with van der Waals surface area (Å²) < 4.78 is 10.6. The lowest BCUT2D eigenvalue weighted by molar-refractivity contribution is -0.116. The number of carbonyl (C=O) groups is 2. The molecule has 1 aliphatic carbocycles. The number of nitrogens with zero attached hydrogens (tertiary/aromatic N) is 2. The minimum Gasteiger partial charge on any atom is -0.446 e. The fourth-order valence-electron chi connectivity index (χ4n) is 4.07. The molecule has 2 atom stereocenters. The Kier molecular flexibility index (Phi) is 7.28. The first-order chi connectivity index (χ1) is 16.4. The van der Waals surface area contributed by atoms with Gasteiger partial charge in [0.05, 0.1) is 12.1 Å². The highest BCUT2D eigenvalue weighted by molar-refractivity contribution is 7.16. The largest absolute Gasteiger partial charge is 0.446 e. The Balaban J connectivity index is 1.34. The maximum atomic E-state index is 12.7. The second-order valence-electron chi connectivity index (χ2n) is 8.44. The normalized spacial score (nSPS) is 15.6. The molecule has 9 heteroatoms. The predicted octanol–water partition coefficient (Wildman–Crippen LogP) is 4.83. The fraction of sp³-hybridized carbons (Fsp3) is 0.360. The van der Waals surface area contributed by atoms with E-state index in [1.165, 1.54) is 11.3 Å². The molecule has 3 aromatic rings. The van der Waals surface area contributed by atoms with Gasteiger partial charge in [-0.3, -0.25) is 4.79 Å². The monoisotopic (exact) mass is 478 g/mol. The molecule has 0 aliphatic heterocycles. The maximum Gasteiger partial charge on any atom is 0.407 e. The molecule has 0 saturated carbocycles. The first-order valence-electron chi connectivity index (χ1n) is 11.2. The van der Waals surface area contributed by atoms with Gasteiger partial charge < -0.3 is 19.9 Å². The van der Waals surface area contributed by atoms with Gasteiger partial charge in [-0.05, 0) is 36.8 Å². The molecular formula is C25H26N4O4S. The summed E-state index contributed by atoms with van der Waals surface area (Å²) in [6, 6.07) is 13.9. The Hall–Kier alpha value is -3.64. The van der Waals surface area contributed by atoms with Crippen molar-refractivity contribution in [1.82, 2.24) is 10.5 Å². The van der Waals surface area contributed by atoms with Crippen molar-refractivity contribution in [2.24, 2.45) is 0 Å². The summed E-state index contributed by atoms with van der Waals surface area (Å²) in [4.78, 5) is 25.8. The number of aromatic nitrogens is 1. The third kappa shape index (κ3) is 5.64. The molecule has 0 fully saturated rings. The van der Waals surface area contributed by atoms with Crippen LogP contribution in [0.3, 0.4) is 0 Å². The molecule has 0 bridgehead atoms. The number of carbonyl (C=O) groups excluding carboxylic acids is 2. The van der Waals surface area contributed by atoms with Crippen LogP contribution in [0.4, 0.5) is 9.80 Å². The van der Waals surface area contributed by atoms with Crippen molar-refractivity contribution in [3.05, 3.63) is 69.4 Å². The number of alkyl carbamates (subject to hydrolysis) is 1. The molecule has 0 saturated heterocycles. The van der Waals surface area contributed by atoms with E-state index in [1.54, 1.807) is 13.0 Å². The average molecular weight is 479 g/mol. The fourth-order valence-corrected chi connectivity index (χ4v) is 5.35. The molecule has 2 N–H and O–H groups in total. The predicted molar refractivity (Wildman–Crippen MR) is 128 cm³/mol. The van der Waals surface area contributed by atoms with Crippen LogP contribution in [0.25, 0.3) is 0 Å². The summed E-state index contributed by atoms with van der Waals surface area (Å²) in [6.07, 6.45) is 1.27. The Bertz CT molecular complexity index is 1210. The van der Waals surface area contributed by atoms with Gasteiger partial charge in [0, 0.05) is 23.8 Å². The SMILES string of the molecule is Cc1cc(CNC(=O)OC2CCc3c(sc(NC(=O)CC(C)c4ccccc4)c3C#N)C2)no1. The molecule has 0 spiro atoms. The van der Waals surface area contributed by atoms with Crippen LogP contribution < -0.4 is 10.6 Å². The van der Waals surface area contributed by atoms with E-state index in [2.05, 4.69) is 21.9 Å². The van der Waals surface area contributed by atoms with Gasteiger partial charge in [0.1, 0.15) is 28.6 Å². The summed E-state index contributed by atoms with van der Waals surface area (Å²) in [7, 11) is 0. The van der Waals surface area contributed by atoms with Crippen molar-refractivity contribution in [2.75, 3.05) is 5.32 Å². The zero-order chi connectivity index (χ0) is 24.1. The van der Waals surface area contributed by atoms with Crippen LogP contribution >= 0.6 is 11.3 Å². The number of benzene rings is 1. The van der Waals surface area contributed by atoms with E-state index in [1.807, 2.05) is 37.3 Å². The maximum absolute atomic E-state index is 12.7. The van der Waals surface area contributed by atoms with Crippen molar-refractivity contribution in [3.63, 3.8) is 0 Å². The molecule has 2 heterocycles. The Morgan fingerprint density at radius 2 is 2.15 bits per heavy atom. The van der Waals surface area contributed by atoms with E-state index in [9.17, 15) is 14.9 Å². The van der Waals surface area contributed by atoms with Crippen LogP contribution in [0.1, 0.15) is 58.7 Å². The molecule has 2 aromatic heterocycles. The number of ether oxygens (including phenoxy) is 1. The number of amides is 2. The van der Waals surface area contributed by atoms with E-state index < -0.39 is 6.09 Å². The molecule has 1 aliphatic rings. The lowest BCUT2D eigenvalue weighted by Gasteiger charge is -2.22. The number of hydrogen-bond acceptors (Lipinski definition) is 7. The van der Waals surface area contributed by atoms with Crippen LogP contribution in [0.5, 0.6) is 0 Å². The number of nitriles is 1. The van der Waals surface area contributed by atoms with Gasteiger partial charge in [-0.25, -0.2) is 4.79 Å². The number of nitrogens with one attached hydrogen (secondary N) is 2. The summed E-state index contributed by atoms with van der Waals surface area (Å²) >= 11 is 1.39. The van der Waals surface area contributed by atoms with Gasteiger partial charge in [-0.2, -0.15) is 5.26 Å². The molecule has 176 valence electrons. The highest BCUT2D eigenvalue weighted by Gasteiger charge is 2.28. The lowest BCUT2D eigenvalue weighted by Crippen LogP contribution is -2.31.